The Morgan fingerprint density at radius 1 is 1.36 bits per heavy atom. The van der Waals surface area contributed by atoms with Crippen molar-refractivity contribution in [1.29, 1.82) is 0 Å². The summed E-state index contributed by atoms with van der Waals surface area (Å²) in [6.45, 7) is 0.165. The minimum absolute atomic E-state index is 0.165. The predicted octanol–water partition coefficient (Wildman–Crippen LogP) is -0.334. The Balaban J connectivity index is 2.12. The summed E-state index contributed by atoms with van der Waals surface area (Å²) in [5.41, 5.74) is 4.80. The fraction of sp³-hybridized carbons (Fsp3) is 0.750. The molecule has 0 aromatic carbocycles. The first-order valence-corrected chi connectivity index (χ1v) is 5.74. The van der Waals surface area contributed by atoms with Crippen LogP contribution in [0.5, 0.6) is 0 Å². The number of hydrogen-bond donors (Lipinski definition) is 3. The van der Waals surface area contributed by atoms with Crippen molar-refractivity contribution in [1.82, 2.24) is 10.6 Å². The van der Waals surface area contributed by atoms with Gasteiger partial charge in [0.05, 0.1) is 6.54 Å². The van der Waals surface area contributed by atoms with E-state index in [0.717, 1.165) is 24.3 Å². The molecular weight excluding hydrogens is 202 g/mol. The van der Waals surface area contributed by atoms with E-state index in [1.165, 1.54) is 0 Å². The molecule has 0 aromatic rings. The second-order valence-electron chi connectivity index (χ2n) is 3.18. The molecule has 1 heterocycles. The second-order valence-corrected chi connectivity index (χ2v) is 4.40. The summed E-state index contributed by atoms with van der Waals surface area (Å²) in [5, 5.41) is 5.11. The molecule has 6 heteroatoms. The third kappa shape index (κ3) is 4.48. The lowest BCUT2D eigenvalue weighted by molar-refractivity contribution is -0.119. The maximum atomic E-state index is 11.0. The molecule has 0 aliphatic carbocycles. The highest BCUT2D eigenvalue weighted by Gasteiger charge is 2.14. The molecule has 1 aliphatic rings. The summed E-state index contributed by atoms with van der Waals surface area (Å²) >= 11 is 1.93. The lowest BCUT2D eigenvalue weighted by Crippen LogP contribution is -2.44. The van der Waals surface area contributed by atoms with Crippen molar-refractivity contribution in [2.45, 2.75) is 18.9 Å². The van der Waals surface area contributed by atoms with Crippen LogP contribution in [0.2, 0.25) is 0 Å². The highest BCUT2D eigenvalue weighted by atomic mass is 32.2. The molecular formula is C8H15N3O2S. The van der Waals surface area contributed by atoms with E-state index in [0.29, 0.717) is 6.04 Å². The molecule has 0 atom stereocenters. The van der Waals surface area contributed by atoms with E-state index in [2.05, 4.69) is 5.32 Å². The highest BCUT2D eigenvalue weighted by Crippen LogP contribution is 2.16. The molecule has 3 amide bonds. The van der Waals surface area contributed by atoms with Crippen LogP contribution in [0.25, 0.3) is 0 Å². The van der Waals surface area contributed by atoms with Crippen molar-refractivity contribution in [2.24, 2.45) is 5.73 Å². The Hall–Kier alpha value is -0.750. The van der Waals surface area contributed by atoms with Crippen LogP contribution in [0.4, 0.5) is 4.79 Å². The monoisotopic (exact) mass is 217 g/mol. The molecule has 0 bridgehead atoms. The van der Waals surface area contributed by atoms with Crippen molar-refractivity contribution < 1.29 is 9.59 Å². The lowest BCUT2D eigenvalue weighted by Gasteiger charge is -2.22. The maximum Gasteiger partial charge on any atom is 0.318 e. The van der Waals surface area contributed by atoms with Crippen LogP contribution in [0.15, 0.2) is 0 Å². The van der Waals surface area contributed by atoms with Crippen molar-refractivity contribution >= 4 is 23.7 Å². The average molecular weight is 217 g/mol. The first kappa shape index (κ1) is 11.3. The van der Waals surface area contributed by atoms with E-state index in [4.69, 9.17) is 5.73 Å². The molecule has 0 saturated carbocycles. The van der Waals surface area contributed by atoms with E-state index >= 15 is 0 Å². The van der Waals surface area contributed by atoms with Gasteiger partial charge in [0.1, 0.15) is 0 Å². The molecule has 0 spiro atoms. The SMILES string of the molecule is NC(=O)NC(=O)CNC1CCSCC1. The number of imide groups is 1. The average Bonchev–Trinajstić information content (AvgIpc) is 2.15. The lowest BCUT2D eigenvalue weighted by atomic mass is 10.1. The molecule has 0 aromatic heterocycles. The minimum atomic E-state index is -0.795. The number of hydrogen-bond acceptors (Lipinski definition) is 4. The number of amides is 3. The molecule has 0 radical (unpaired) electrons. The van der Waals surface area contributed by atoms with Gasteiger partial charge in [0.2, 0.25) is 5.91 Å². The third-order valence-corrected chi connectivity index (χ3v) is 3.08. The summed E-state index contributed by atoms with van der Waals surface area (Å²) in [7, 11) is 0. The van der Waals surface area contributed by atoms with E-state index in [-0.39, 0.29) is 12.5 Å². The Morgan fingerprint density at radius 3 is 2.57 bits per heavy atom. The van der Waals surface area contributed by atoms with Crippen LogP contribution in [-0.4, -0.2) is 36.0 Å². The third-order valence-electron chi connectivity index (χ3n) is 2.04. The molecule has 4 N–H and O–H groups in total. The number of carbonyl (C=O) groups excluding carboxylic acids is 2. The van der Waals surface area contributed by atoms with Gasteiger partial charge in [0, 0.05) is 6.04 Å². The summed E-state index contributed by atoms with van der Waals surface area (Å²) in [4.78, 5) is 21.3. The van der Waals surface area contributed by atoms with Crippen LogP contribution in [0.1, 0.15) is 12.8 Å². The fourth-order valence-electron chi connectivity index (χ4n) is 1.32. The Morgan fingerprint density at radius 2 is 2.00 bits per heavy atom. The number of urea groups is 1. The van der Waals surface area contributed by atoms with Crippen LogP contribution in [0.3, 0.4) is 0 Å². The highest BCUT2D eigenvalue weighted by molar-refractivity contribution is 7.99. The van der Waals surface area contributed by atoms with Gasteiger partial charge in [0.25, 0.3) is 0 Å². The van der Waals surface area contributed by atoms with Gasteiger partial charge >= 0.3 is 6.03 Å². The number of nitrogens with two attached hydrogens (primary N) is 1. The number of nitrogens with one attached hydrogen (secondary N) is 2. The molecule has 1 aliphatic heterocycles. The molecule has 5 nitrogen and oxygen atoms in total. The standard InChI is InChI=1S/C8H15N3O2S/c9-8(13)11-7(12)5-10-6-1-3-14-4-2-6/h6,10H,1-5H2,(H3,9,11,12,13). The normalized spacial score (nSPS) is 17.7. The quantitative estimate of drug-likeness (QED) is 0.604. The molecule has 1 rings (SSSR count). The first-order valence-electron chi connectivity index (χ1n) is 4.59. The smallest absolute Gasteiger partial charge is 0.318 e. The largest absolute Gasteiger partial charge is 0.351 e. The number of carbonyl (C=O) groups is 2. The molecule has 80 valence electrons. The number of primary amides is 1. The fourth-order valence-corrected chi connectivity index (χ4v) is 2.43. The van der Waals surface area contributed by atoms with E-state index in [9.17, 15) is 9.59 Å². The topological polar surface area (TPSA) is 84.2 Å². The van der Waals surface area contributed by atoms with Gasteiger partial charge < -0.3 is 11.1 Å². The van der Waals surface area contributed by atoms with Gasteiger partial charge in [-0.15, -0.1) is 0 Å². The Bertz CT molecular complexity index is 217. The first-order chi connectivity index (χ1) is 6.68. The summed E-state index contributed by atoms with van der Waals surface area (Å²) in [5.74, 6) is 1.90. The molecule has 14 heavy (non-hydrogen) atoms. The van der Waals surface area contributed by atoms with E-state index in [1.54, 1.807) is 0 Å². The number of thioether (sulfide) groups is 1. The van der Waals surface area contributed by atoms with Crippen molar-refractivity contribution in [3.8, 4) is 0 Å². The van der Waals surface area contributed by atoms with Gasteiger partial charge in [-0.3, -0.25) is 10.1 Å². The zero-order valence-corrected chi connectivity index (χ0v) is 8.73. The zero-order valence-electron chi connectivity index (χ0n) is 7.91. The van der Waals surface area contributed by atoms with Gasteiger partial charge in [0.15, 0.2) is 0 Å². The Labute approximate surface area is 87.2 Å². The van der Waals surface area contributed by atoms with Crippen LogP contribution in [0, 0.1) is 0 Å². The number of rotatable bonds is 3. The van der Waals surface area contributed by atoms with Crippen LogP contribution >= 0.6 is 11.8 Å². The van der Waals surface area contributed by atoms with Crippen molar-refractivity contribution in [2.75, 3.05) is 18.1 Å². The molecule has 0 unspecified atom stereocenters. The van der Waals surface area contributed by atoms with E-state index < -0.39 is 6.03 Å². The van der Waals surface area contributed by atoms with Gasteiger partial charge in [-0.05, 0) is 24.3 Å². The van der Waals surface area contributed by atoms with E-state index in [1.807, 2.05) is 17.1 Å². The van der Waals surface area contributed by atoms with Gasteiger partial charge in [-0.25, -0.2) is 4.79 Å². The van der Waals surface area contributed by atoms with Gasteiger partial charge in [-0.1, -0.05) is 0 Å². The minimum Gasteiger partial charge on any atom is -0.351 e. The summed E-state index contributed by atoms with van der Waals surface area (Å²) in [6.07, 6.45) is 2.16. The summed E-state index contributed by atoms with van der Waals surface area (Å²) < 4.78 is 0. The zero-order chi connectivity index (χ0) is 10.4. The predicted molar refractivity (Wildman–Crippen MR) is 56.1 cm³/mol. The van der Waals surface area contributed by atoms with Crippen LogP contribution in [-0.2, 0) is 4.79 Å². The van der Waals surface area contributed by atoms with Crippen LogP contribution < -0.4 is 16.4 Å². The second kappa shape index (κ2) is 5.87. The Kier molecular flexibility index (Phi) is 4.75. The van der Waals surface area contributed by atoms with Crippen molar-refractivity contribution in [3.05, 3.63) is 0 Å². The van der Waals surface area contributed by atoms with Gasteiger partial charge in [-0.2, -0.15) is 11.8 Å². The maximum absolute atomic E-state index is 11.0. The molecule has 1 saturated heterocycles. The van der Waals surface area contributed by atoms with Crippen molar-refractivity contribution in [3.63, 3.8) is 0 Å². The molecule has 1 fully saturated rings. The summed E-state index contributed by atoms with van der Waals surface area (Å²) in [6, 6.07) is -0.397.